The third-order valence-corrected chi connectivity index (χ3v) is 4.36. The van der Waals surface area contributed by atoms with Gasteiger partial charge in [-0.05, 0) is 48.9 Å². The van der Waals surface area contributed by atoms with E-state index < -0.39 is 0 Å². The highest BCUT2D eigenvalue weighted by atomic mass is 16.2. The normalized spacial score (nSPS) is 16.5. The molecule has 0 bridgehead atoms. The molecule has 1 unspecified atom stereocenters. The van der Waals surface area contributed by atoms with Crippen LogP contribution in [0.15, 0.2) is 54.6 Å². The summed E-state index contributed by atoms with van der Waals surface area (Å²) in [7, 11) is 0. The van der Waals surface area contributed by atoms with E-state index in [9.17, 15) is 4.79 Å². The SMILES string of the molecule is CCN(C(=O)CC1CCc2ccccc21)c1ccccc1. The molecule has 0 heterocycles. The van der Waals surface area contributed by atoms with E-state index in [2.05, 4.69) is 24.3 Å². The number of rotatable bonds is 4. The number of aryl methyl sites for hydroxylation is 1. The predicted octanol–water partition coefficient (Wildman–Crippen LogP) is 4.16. The van der Waals surface area contributed by atoms with Crippen LogP contribution < -0.4 is 4.90 Å². The van der Waals surface area contributed by atoms with Crippen LogP contribution in [-0.4, -0.2) is 12.5 Å². The van der Waals surface area contributed by atoms with Crippen LogP contribution in [0, 0.1) is 0 Å². The van der Waals surface area contributed by atoms with Gasteiger partial charge in [-0.1, -0.05) is 42.5 Å². The smallest absolute Gasteiger partial charge is 0.227 e. The van der Waals surface area contributed by atoms with Gasteiger partial charge in [-0.2, -0.15) is 0 Å². The first-order valence-corrected chi connectivity index (χ1v) is 7.72. The number of anilines is 1. The van der Waals surface area contributed by atoms with Gasteiger partial charge in [-0.15, -0.1) is 0 Å². The van der Waals surface area contributed by atoms with Gasteiger partial charge in [0, 0.05) is 18.7 Å². The second kappa shape index (κ2) is 6.13. The molecule has 0 N–H and O–H groups in total. The molecule has 108 valence electrons. The number of fused-ring (bicyclic) bond motifs is 1. The second-order valence-corrected chi connectivity index (χ2v) is 5.61. The van der Waals surface area contributed by atoms with Crippen molar-refractivity contribution in [1.82, 2.24) is 0 Å². The van der Waals surface area contributed by atoms with E-state index in [1.54, 1.807) is 0 Å². The third-order valence-electron chi connectivity index (χ3n) is 4.36. The van der Waals surface area contributed by atoms with Crippen LogP contribution in [0.3, 0.4) is 0 Å². The highest BCUT2D eigenvalue weighted by Crippen LogP contribution is 2.35. The Bertz CT molecular complexity index is 620. The molecular formula is C19H21NO. The van der Waals surface area contributed by atoms with Gasteiger partial charge in [0.2, 0.25) is 5.91 Å². The molecule has 3 rings (SSSR count). The molecule has 2 nitrogen and oxygen atoms in total. The molecule has 1 amide bonds. The number of carbonyl (C=O) groups is 1. The second-order valence-electron chi connectivity index (χ2n) is 5.61. The molecule has 2 aromatic carbocycles. The summed E-state index contributed by atoms with van der Waals surface area (Å²) in [5.41, 5.74) is 3.78. The molecule has 1 aliphatic rings. The Morgan fingerprint density at radius 3 is 2.57 bits per heavy atom. The topological polar surface area (TPSA) is 20.3 Å². The Balaban J connectivity index is 1.75. The lowest BCUT2D eigenvalue weighted by Crippen LogP contribution is -2.31. The number of amides is 1. The molecule has 21 heavy (non-hydrogen) atoms. The van der Waals surface area contributed by atoms with Gasteiger partial charge in [-0.25, -0.2) is 0 Å². The number of para-hydroxylation sites is 1. The van der Waals surface area contributed by atoms with Crippen LogP contribution in [0.25, 0.3) is 0 Å². The van der Waals surface area contributed by atoms with E-state index in [1.807, 2.05) is 42.2 Å². The van der Waals surface area contributed by atoms with E-state index >= 15 is 0 Å². The fourth-order valence-electron chi connectivity index (χ4n) is 3.29. The zero-order valence-electron chi connectivity index (χ0n) is 12.5. The summed E-state index contributed by atoms with van der Waals surface area (Å²) in [6, 6.07) is 18.5. The maximum Gasteiger partial charge on any atom is 0.227 e. The van der Waals surface area contributed by atoms with Gasteiger partial charge >= 0.3 is 0 Å². The Labute approximate surface area is 126 Å². The lowest BCUT2D eigenvalue weighted by molar-refractivity contribution is -0.118. The first kappa shape index (κ1) is 13.9. The summed E-state index contributed by atoms with van der Waals surface area (Å²) >= 11 is 0. The first-order chi connectivity index (χ1) is 10.3. The average molecular weight is 279 g/mol. The third kappa shape index (κ3) is 2.85. The van der Waals surface area contributed by atoms with Crippen LogP contribution in [0.1, 0.15) is 36.8 Å². The summed E-state index contributed by atoms with van der Waals surface area (Å²) in [4.78, 5) is 14.6. The maximum absolute atomic E-state index is 12.7. The van der Waals surface area contributed by atoms with Gasteiger partial charge in [0.05, 0.1) is 0 Å². The van der Waals surface area contributed by atoms with Gasteiger partial charge in [-0.3, -0.25) is 4.79 Å². The minimum Gasteiger partial charge on any atom is -0.313 e. The lowest BCUT2D eigenvalue weighted by Gasteiger charge is -2.23. The van der Waals surface area contributed by atoms with Crippen molar-refractivity contribution in [2.24, 2.45) is 0 Å². The van der Waals surface area contributed by atoms with Crippen LogP contribution >= 0.6 is 0 Å². The van der Waals surface area contributed by atoms with Gasteiger partial charge < -0.3 is 4.90 Å². The highest BCUT2D eigenvalue weighted by Gasteiger charge is 2.26. The van der Waals surface area contributed by atoms with Gasteiger partial charge in [0.1, 0.15) is 0 Å². The summed E-state index contributed by atoms with van der Waals surface area (Å²) in [5, 5.41) is 0. The summed E-state index contributed by atoms with van der Waals surface area (Å²) < 4.78 is 0. The van der Waals surface area contributed by atoms with Crippen molar-refractivity contribution in [2.75, 3.05) is 11.4 Å². The minimum atomic E-state index is 0.227. The average Bonchev–Trinajstić information content (AvgIpc) is 2.92. The van der Waals surface area contributed by atoms with Crippen LogP contribution in [-0.2, 0) is 11.2 Å². The van der Waals surface area contributed by atoms with Gasteiger partial charge in [0.15, 0.2) is 0 Å². The van der Waals surface area contributed by atoms with Crippen molar-refractivity contribution in [2.45, 2.75) is 32.1 Å². The number of benzene rings is 2. The fourth-order valence-corrected chi connectivity index (χ4v) is 3.29. The quantitative estimate of drug-likeness (QED) is 0.823. The van der Waals surface area contributed by atoms with Crippen LogP contribution in [0.2, 0.25) is 0 Å². The van der Waals surface area contributed by atoms with Crippen LogP contribution in [0.4, 0.5) is 5.69 Å². The van der Waals surface area contributed by atoms with Crippen LogP contribution in [0.5, 0.6) is 0 Å². The summed E-state index contributed by atoms with van der Waals surface area (Å²) in [6.45, 7) is 2.75. The predicted molar refractivity (Wildman–Crippen MR) is 86.6 cm³/mol. The van der Waals surface area contributed by atoms with E-state index in [-0.39, 0.29) is 5.91 Å². The van der Waals surface area contributed by atoms with Crippen molar-refractivity contribution in [3.63, 3.8) is 0 Å². The largest absolute Gasteiger partial charge is 0.313 e. The zero-order chi connectivity index (χ0) is 14.7. The molecule has 0 aliphatic heterocycles. The molecule has 0 saturated carbocycles. The molecule has 2 aromatic rings. The minimum absolute atomic E-state index is 0.227. The summed E-state index contributed by atoms with van der Waals surface area (Å²) in [6.07, 6.45) is 2.81. The summed E-state index contributed by atoms with van der Waals surface area (Å²) in [5.74, 6) is 0.608. The van der Waals surface area contributed by atoms with E-state index in [4.69, 9.17) is 0 Å². The first-order valence-electron chi connectivity index (χ1n) is 7.72. The number of hydrogen-bond acceptors (Lipinski definition) is 1. The molecule has 2 heteroatoms. The lowest BCUT2D eigenvalue weighted by atomic mass is 9.97. The van der Waals surface area contributed by atoms with Crippen molar-refractivity contribution in [1.29, 1.82) is 0 Å². The van der Waals surface area contributed by atoms with Gasteiger partial charge in [0.25, 0.3) is 0 Å². The Morgan fingerprint density at radius 2 is 1.81 bits per heavy atom. The van der Waals surface area contributed by atoms with Crippen molar-refractivity contribution in [3.05, 3.63) is 65.7 Å². The molecule has 0 fully saturated rings. The molecule has 0 radical (unpaired) electrons. The molecular weight excluding hydrogens is 258 g/mol. The fraction of sp³-hybridized carbons (Fsp3) is 0.316. The van der Waals surface area contributed by atoms with E-state index in [0.29, 0.717) is 12.3 Å². The standard InChI is InChI=1S/C19H21NO/c1-2-20(17-9-4-3-5-10-17)19(21)14-16-13-12-15-8-6-7-11-18(15)16/h3-11,16H,2,12-14H2,1H3. The van der Waals surface area contributed by atoms with Crippen molar-refractivity contribution in [3.8, 4) is 0 Å². The van der Waals surface area contributed by atoms with Crippen molar-refractivity contribution < 1.29 is 4.79 Å². The molecule has 0 saturated heterocycles. The molecule has 1 atom stereocenters. The Hall–Kier alpha value is -2.09. The Kier molecular flexibility index (Phi) is 4.05. The Morgan fingerprint density at radius 1 is 1.10 bits per heavy atom. The van der Waals surface area contributed by atoms with E-state index in [1.165, 1.54) is 11.1 Å². The molecule has 0 spiro atoms. The maximum atomic E-state index is 12.7. The number of carbonyl (C=O) groups excluding carboxylic acids is 1. The van der Waals surface area contributed by atoms with Crippen molar-refractivity contribution >= 4 is 11.6 Å². The molecule has 0 aromatic heterocycles. The zero-order valence-corrected chi connectivity index (χ0v) is 12.5. The highest BCUT2D eigenvalue weighted by molar-refractivity contribution is 5.93. The van der Waals surface area contributed by atoms with E-state index in [0.717, 1.165) is 25.1 Å². The molecule has 1 aliphatic carbocycles. The number of hydrogen-bond donors (Lipinski definition) is 0. The monoisotopic (exact) mass is 279 g/mol. The number of nitrogens with zero attached hydrogens (tertiary/aromatic N) is 1.